The molecule has 0 heterocycles. The predicted octanol–water partition coefficient (Wildman–Crippen LogP) is -1.10. The molecule has 0 fully saturated rings. The van der Waals surface area contributed by atoms with Crippen molar-refractivity contribution in [3.63, 3.8) is 0 Å². The fraction of sp³-hybridized carbons (Fsp3) is 0.500. The Bertz CT molecular complexity index is 216. The number of carbonyl (C=O) groups is 3. The van der Waals surface area contributed by atoms with Crippen LogP contribution in [0, 0.1) is 0 Å². The molecular weight excluding hydrogens is 169 g/mol. The number of alkyl halides is 1. The number of rotatable bonds is 5. The van der Waals surface area contributed by atoms with Crippen LogP contribution >= 0.6 is 0 Å². The number of ketones is 2. The third-order valence-corrected chi connectivity index (χ3v) is 1.13. The largest absolute Gasteiger partial charge is 0.481 e. The summed E-state index contributed by atoms with van der Waals surface area (Å²) in [5, 5.41) is 8.15. The fourth-order valence-electron chi connectivity index (χ4n) is 0.553. The standard InChI is InChI=1S/C6H8FNO4/c7-2-4(9)6(12)3(8)1-5(10)11/h3H,1-2,8H2,(H,10,11). The SMILES string of the molecule is NC(CC(=O)O)C(=O)C(=O)CF. The summed E-state index contributed by atoms with van der Waals surface area (Å²) in [4.78, 5) is 31.0. The van der Waals surface area contributed by atoms with Crippen LogP contribution in [-0.4, -0.2) is 35.4 Å². The van der Waals surface area contributed by atoms with E-state index < -0.39 is 36.7 Å². The number of aliphatic carboxylic acids is 1. The molecule has 12 heavy (non-hydrogen) atoms. The smallest absolute Gasteiger partial charge is 0.305 e. The van der Waals surface area contributed by atoms with E-state index in [1.54, 1.807) is 0 Å². The van der Waals surface area contributed by atoms with Crippen molar-refractivity contribution in [2.24, 2.45) is 5.73 Å². The third kappa shape index (κ3) is 3.20. The van der Waals surface area contributed by atoms with Crippen molar-refractivity contribution < 1.29 is 23.9 Å². The van der Waals surface area contributed by atoms with Crippen LogP contribution < -0.4 is 5.73 Å². The van der Waals surface area contributed by atoms with Gasteiger partial charge in [0.15, 0.2) is 6.67 Å². The first kappa shape index (κ1) is 10.7. The van der Waals surface area contributed by atoms with Crippen molar-refractivity contribution >= 4 is 17.5 Å². The number of carboxylic acid groups (broad SMARTS) is 1. The highest BCUT2D eigenvalue weighted by molar-refractivity contribution is 6.39. The molecule has 6 heteroatoms. The van der Waals surface area contributed by atoms with Gasteiger partial charge in [0.1, 0.15) is 0 Å². The number of hydrogen-bond acceptors (Lipinski definition) is 4. The molecule has 0 saturated carbocycles. The molecule has 68 valence electrons. The Morgan fingerprint density at radius 3 is 2.25 bits per heavy atom. The molecule has 0 aromatic rings. The molecule has 0 aliphatic heterocycles. The van der Waals surface area contributed by atoms with Crippen LogP contribution in [0.4, 0.5) is 4.39 Å². The van der Waals surface area contributed by atoms with Crippen LogP contribution in [0.5, 0.6) is 0 Å². The van der Waals surface area contributed by atoms with Crippen LogP contribution in [0.1, 0.15) is 6.42 Å². The van der Waals surface area contributed by atoms with Gasteiger partial charge in [-0.2, -0.15) is 0 Å². The van der Waals surface area contributed by atoms with Gasteiger partial charge in [0.2, 0.25) is 11.6 Å². The van der Waals surface area contributed by atoms with E-state index in [0.29, 0.717) is 0 Å². The van der Waals surface area contributed by atoms with E-state index in [1.165, 1.54) is 0 Å². The monoisotopic (exact) mass is 177 g/mol. The Morgan fingerprint density at radius 2 is 1.92 bits per heavy atom. The van der Waals surface area contributed by atoms with Crippen LogP contribution in [0.25, 0.3) is 0 Å². The summed E-state index contributed by atoms with van der Waals surface area (Å²) in [5.74, 6) is -3.77. The Balaban J connectivity index is 4.10. The maximum atomic E-state index is 11.6. The van der Waals surface area contributed by atoms with Gasteiger partial charge in [-0.1, -0.05) is 0 Å². The second-order valence-corrected chi connectivity index (χ2v) is 2.13. The van der Waals surface area contributed by atoms with Crippen molar-refractivity contribution in [1.82, 2.24) is 0 Å². The van der Waals surface area contributed by atoms with Crippen molar-refractivity contribution in [3.05, 3.63) is 0 Å². The lowest BCUT2D eigenvalue weighted by Gasteiger charge is -2.03. The lowest BCUT2D eigenvalue weighted by Crippen LogP contribution is -2.38. The third-order valence-electron chi connectivity index (χ3n) is 1.13. The molecule has 0 aromatic carbocycles. The summed E-state index contributed by atoms with van der Waals surface area (Å²) in [7, 11) is 0. The summed E-state index contributed by atoms with van der Waals surface area (Å²) in [6.45, 7) is -1.44. The number of carbonyl (C=O) groups excluding carboxylic acids is 2. The van der Waals surface area contributed by atoms with Crippen LogP contribution in [0.3, 0.4) is 0 Å². The Morgan fingerprint density at radius 1 is 1.42 bits per heavy atom. The zero-order chi connectivity index (χ0) is 9.72. The van der Waals surface area contributed by atoms with E-state index in [0.717, 1.165) is 0 Å². The van der Waals surface area contributed by atoms with Crippen molar-refractivity contribution in [2.45, 2.75) is 12.5 Å². The molecular formula is C6H8FNO4. The maximum absolute atomic E-state index is 11.6. The minimum atomic E-state index is -1.44. The van der Waals surface area contributed by atoms with E-state index >= 15 is 0 Å². The molecule has 0 bridgehead atoms. The number of carboxylic acids is 1. The second-order valence-electron chi connectivity index (χ2n) is 2.13. The number of hydrogen-bond donors (Lipinski definition) is 2. The van der Waals surface area contributed by atoms with Crippen LogP contribution in [0.2, 0.25) is 0 Å². The van der Waals surface area contributed by atoms with Gasteiger partial charge in [-0.3, -0.25) is 14.4 Å². The lowest BCUT2D eigenvalue weighted by molar-refractivity contribution is -0.142. The van der Waals surface area contributed by atoms with Gasteiger partial charge >= 0.3 is 5.97 Å². The van der Waals surface area contributed by atoms with Crippen molar-refractivity contribution in [1.29, 1.82) is 0 Å². The number of halogens is 1. The average Bonchev–Trinajstić information content (AvgIpc) is 2.00. The molecule has 0 spiro atoms. The number of Topliss-reactive ketones (excluding diaryl/α,β-unsaturated/α-hetero) is 2. The van der Waals surface area contributed by atoms with E-state index in [4.69, 9.17) is 10.8 Å². The van der Waals surface area contributed by atoms with E-state index in [-0.39, 0.29) is 0 Å². The highest BCUT2D eigenvalue weighted by Gasteiger charge is 2.23. The van der Waals surface area contributed by atoms with Gasteiger partial charge in [0.05, 0.1) is 12.5 Å². The minimum Gasteiger partial charge on any atom is -0.481 e. The first-order chi connectivity index (χ1) is 5.49. The number of nitrogens with two attached hydrogens (primary N) is 1. The van der Waals surface area contributed by atoms with Gasteiger partial charge in [-0.25, -0.2) is 4.39 Å². The van der Waals surface area contributed by atoms with Crippen molar-refractivity contribution in [3.8, 4) is 0 Å². The van der Waals surface area contributed by atoms with E-state index in [1.807, 2.05) is 0 Å². The molecule has 0 amide bonds. The van der Waals surface area contributed by atoms with Gasteiger partial charge < -0.3 is 10.8 Å². The summed E-state index contributed by atoms with van der Waals surface area (Å²) in [6.07, 6.45) is -0.662. The lowest BCUT2D eigenvalue weighted by atomic mass is 10.1. The zero-order valence-corrected chi connectivity index (χ0v) is 6.12. The topological polar surface area (TPSA) is 97.5 Å². The molecule has 1 atom stereocenters. The Kier molecular flexibility index (Phi) is 4.06. The van der Waals surface area contributed by atoms with Gasteiger partial charge in [0.25, 0.3) is 0 Å². The van der Waals surface area contributed by atoms with Crippen LogP contribution in [-0.2, 0) is 14.4 Å². The fourth-order valence-corrected chi connectivity index (χ4v) is 0.553. The molecule has 0 radical (unpaired) electrons. The highest BCUT2D eigenvalue weighted by atomic mass is 19.1. The maximum Gasteiger partial charge on any atom is 0.305 e. The molecule has 0 aliphatic carbocycles. The second kappa shape index (κ2) is 4.55. The van der Waals surface area contributed by atoms with Crippen molar-refractivity contribution in [2.75, 3.05) is 6.67 Å². The van der Waals surface area contributed by atoms with E-state index in [9.17, 15) is 18.8 Å². The summed E-state index contributed by atoms with van der Waals surface area (Å²) < 4.78 is 11.6. The summed E-state index contributed by atoms with van der Waals surface area (Å²) in [5.41, 5.74) is 4.98. The summed E-state index contributed by atoms with van der Waals surface area (Å²) >= 11 is 0. The zero-order valence-electron chi connectivity index (χ0n) is 6.12. The highest BCUT2D eigenvalue weighted by Crippen LogP contribution is 1.92. The first-order valence-corrected chi connectivity index (χ1v) is 3.09. The van der Waals surface area contributed by atoms with Gasteiger partial charge in [-0.15, -0.1) is 0 Å². The van der Waals surface area contributed by atoms with Gasteiger partial charge in [0, 0.05) is 0 Å². The van der Waals surface area contributed by atoms with Crippen LogP contribution in [0.15, 0.2) is 0 Å². The molecule has 1 unspecified atom stereocenters. The summed E-state index contributed by atoms with van der Waals surface area (Å²) in [6, 6.07) is -1.44. The first-order valence-electron chi connectivity index (χ1n) is 3.09. The molecule has 0 rings (SSSR count). The van der Waals surface area contributed by atoms with Gasteiger partial charge in [-0.05, 0) is 0 Å². The molecule has 5 nitrogen and oxygen atoms in total. The van der Waals surface area contributed by atoms with E-state index in [2.05, 4.69) is 0 Å². The molecule has 3 N–H and O–H groups in total. The predicted molar refractivity (Wildman–Crippen MR) is 36.2 cm³/mol. The Hall–Kier alpha value is -1.30. The average molecular weight is 177 g/mol. The molecule has 0 aromatic heterocycles. The quantitative estimate of drug-likeness (QED) is 0.519. The molecule has 0 saturated heterocycles. The molecule has 0 aliphatic rings. The minimum absolute atomic E-state index is 0.662. The normalized spacial score (nSPS) is 12.2. The Labute approximate surface area is 67.3 Å².